The molecule has 2 saturated heterocycles. The van der Waals surface area contributed by atoms with E-state index in [0.29, 0.717) is 31.4 Å². The number of nitrogens with zero attached hydrogens (tertiary/aromatic N) is 1. The topological polar surface area (TPSA) is 152 Å². The quantitative estimate of drug-likeness (QED) is 0.175. The van der Waals surface area contributed by atoms with Crippen LogP contribution in [0.1, 0.15) is 75.3 Å². The maximum Gasteiger partial charge on any atom is 0.303 e. The zero-order chi connectivity index (χ0) is 31.4. The average Bonchev–Trinajstić information content (AvgIpc) is 2.94. The number of β-lactam (4-membered cyclic amide) rings is 1. The lowest BCUT2D eigenvalue weighted by molar-refractivity contribution is -0.306. The van der Waals surface area contributed by atoms with Crippen LogP contribution in [0, 0.1) is 0 Å². The third-order valence-electron chi connectivity index (χ3n) is 7.82. The summed E-state index contributed by atoms with van der Waals surface area (Å²) in [4.78, 5) is 26.0. The number of sulfonamides is 1. The number of nitrogens with one attached hydrogen (secondary N) is 1. The van der Waals surface area contributed by atoms with Crippen molar-refractivity contribution in [2.24, 2.45) is 0 Å². The van der Waals surface area contributed by atoms with E-state index in [4.69, 9.17) is 14.2 Å². The van der Waals surface area contributed by atoms with Crippen molar-refractivity contribution < 1.29 is 42.4 Å². The molecule has 2 fully saturated rings. The highest BCUT2D eigenvalue weighted by Crippen LogP contribution is 2.39. The van der Waals surface area contributed by atoms with E-state index in [1.54, 1.807) is 30.9 Å². The summed E-state index contributed by atoms with van der Waals surface area (Å²) in [6, 6.07) is 14.7. The Hall–Kier alpha value is -2.87. The molecule has 3 N–H and O–H groups in total. The van der Waals surface area contributed by atoms with Crippen LogP contribution in [0.15, 0.2) is 48.5 Å². The van der Waals surface area contributed by atoms with Gasteiger partial charge in [0.05, 0.1) is 38.0 Å². The number of aliphatic hydroxyl groups excluding tert-OH is 2. The van der Waals surface area contributed by atoms with Crippen LogP contribution in [-0.2, 0) is 40.2 Å². The standard InChI is InChI=1S/C31H42N2O9S/c1-21(34)42-31(19-40-30(2,3)41-20-31)16-15-27(35)29(37)24-11-9-23(10-12-24)26-18-28(36)33(26)25-13-7-22(8-14-25)6-5-17-32-43(4,38)39/h7-14,26-27,29,32,35,37H,5-6,15-20H2,1-4H3. The molecule has 4 rings (SSSR count). The van der Waals surface area contributed by atoms with Crippen LogP contribution in [0.5, 0.6) is 0 Å². The number of carbonyl (C=O) groups is 2. The van der Waals surface area contributed by atoms with E-state index in [9.17, 15) is 28.2 Å². The molecule has 2 aliphatic rings. The molecule has 0 radical (unpaired) electrons. The first-order valence-corrected chi connectivity index (χ1v) is 16.4. The molecule has 43 heavy (non-hydrogen) atoms. The Bertz CT molecular complexity index is 1370. The highest BCUT2D eigenvalue weighted by molar-refractivity contribution is 7.88. The number of rotatable bonds is 13. The van der Waals surface area contributed by atoms with Gasteiger partial charge < -0.3 is 29.3 Å². The second kappa shape index (κ2) is 13.4. The third-order valence-corrected chi connectivity index (χ3v) is 8.55. The van der Waals surface area contributed by atoms with Gasteiger partial charge in [0.15, 0.2) is 11.4 Å². The zero-order valence-electron chi connectivity index (χ0n) is 25.1. The molecular weight excluding hydrogens is 576 g/mol. The molecule has 2 aliphatic heterocycles. The number of carbonyl (C=O) groups excluding carboxylic acids is 2. The van der Waals surface area contributed by atoms with E-state index in [0.717, 1.165) is 23.1 Å². The fraction of sp³-hybridized carbons (Fsp3) is 0.548. The molecule has 3 unspecified atom stereocenters. The number of hydrogen-bond donors (Lipinski definition) is 3. The number of benzene rings is 2. The molecule has 0 aromatic heterocycles. The molecule has 3 atom stereocenters. The van der Waals surface area contributed by atoms with Gasteiger partial charge >= 0.3 is 5.97 Å². The van der Waals surface area contributed by atoms with Crippen LogP contribution < -0.4 is 9.62 Å². The molecule has 2 heterocycles. The molecule has 0 saturated carbocycles. The summed E-state index contributed by atoms with van der Waals surface area (Å²) in [5.74, 6) is -1.26. The van der Waals surface area contributed by atoms with Gasteiger partial charge in [-0.1, -0.05) is 36.4 Å². The number of anilines is 1. The van der Waals surface area contributed by atoms with Crippen molar-refractivity contribution in [1.82, 2.24) is 4.72 Å². The molecule has 1 amide bonds. The second-order valence-electron chi connectivity index (χ2n) is 11.9. The summed E-state index contributed by atoms with van der Waals surface area (Å²) < 4.78 is 41.8. The SMILES string of the molecule is CC(=O)OC1(CCC(O)C(O)c2ccc(C3CC(=O)N3c3ccc(CCCNS(C)(=O)=O)cc3)cc2)COC(C)(C)OC1. The zero-order valence-corrected chi connectivity index (χ0v) is 25.9. The maximum absolute atomic E-state index is 12.5. The number of aryl methyl sites for hydroxylation is 1. The normalized spacial score (nSPS) is 21.1. The Balaban J connectivity index is 1.33. The summed E-state index contributed by atoms with van der Waals surface area (Å²) in [7, 11) is -3.20. The van der Waals surface area contributed by atoms with Crippen molar-refractivity contribution in [1.29, 1.82) is 0 Å². The van der Waals surface area contributed by atoms with Gasteiger partial charge in [0, 0.05) is 19.2 Å². The number of amides is 1. The lowest BCUT2D eigenvalue weighted by Gasteiger charge is -2.43. The first-order chi connectivity index (χ1) is 20.2. The molecule has 2 aromatic rings. The lowest BCUT2D eigenvalue weighted by atomic mass is 9.90. The molecular formula is C31H42N2O9S. The van der Waals surface area contributed by atoms with Crippen LogP contribution in [-0.4, -0.2) is 74.0 Å². The minimum atomic E-state index is -3.20. The predicted octanol–water partition coefficient (Wildman–Crippen LogP) is 2.91. The highest BCUT2D eigenvalue weighted by Gasteiger charge is 2.43. The van der Waals surface area contributed by atoms with Crippen LogP contribution in [0.25, 0.3) is 0 Å². The van der Waals surface area contributed by atoms with Crippen molar-refractivity contribution in [2.75, 3.05) is 30.9 Å². The van der Waals surface area contributed by atoms with Gasteiger partial charge in [0.25, 0.3) is 0 Å². The Morgan fingerprint density at radius 1 is 1.09 bits per heavy atom. The average molecular weight is 619 g/mol. The second-order valence-corrected chi connectivity index (χ2v) is 13.7. The van der Waals surface area contributed by atoms with Gasteiger partial charge in [-0.15, -0.1) is 0 Å². The minimum Gasteiger partial charge on any atom is -0.454 e. The Morgan fingerprint density at radius 2 is 1.72 bits per heavy atom. The smallest absolute Gasteiger partial charge is 0.303 e. The van der Waals surface area contributed by atoms with Crippen LogP contribution in [0.2, 0.25) is 0 Å². The van der Waals surface area contributed by atoms with E-state index < -0.39 is 39.6 Å². The van der Waals surface area contributed by atoms with E-state index in [-0.39, 0.29) is 38.0 Å². The summed E-state index contributed by atoms with van der Waals surface area (Å²) in [6.45, 7) is 5.47. The molecule has 2 aromatic carbocycles. The Morgan fingerprint density at radius 3 is 2.28 bits per heavy atom. The van der Waals surface area contributed by atoms with Gasteiger partial charge in [-0.2, -0.15) is 0 Å². The highest BCUT2D eigenvalue weighted by atomic mass is 32.2. The minimum absolute atomic E-state index is 0.00963. The fourth-order valence-electron chi connectivity index (χ4n) is 5.34. The van der Waals surface area contributed by atoms with E-state index in [2.05, 4.69) is 4.72 Å². The van der Waals surface area contributed by atoms with Crippen molar-refractivity contribution in [2.45, 2.75) is 82.5 Å². The third kappa shape index (κ3) is 8.84. The maximum atomic E-state index is 12.5. The van der Waals surface area contributed by atoms with E-state index in [1.165, 1.54) is 6.92 Å². The number of ether oxygens (including phenoxy) is 3. The molecule has 0 aliphatic carbocycles. The van der Waals surface area contributed by atoms with E-state index >= 15 is 0 Å². The fourth-order valence-corrected chi connectivity index (χ4v) is 5.86. The van der Waals surface area contributed by atoms with Crippen molar-refractivity contribution in [3.8, 4) is 0 Å². The number of hydrogen-bond acceptors (Lipinski definition) is 9. The molecule has 0 bridgehead atoms. The van der Waals surface area contributed by atoms with Crippen molar-refractivity contribution in [3.05, 3.63) is 65.2 Å². The molecule has 0 spiro atoms. The Labute approximate surface area is 253 Å². The Kier molecular flexibility index (Phi) is 10.3. The molecule has 236 valence electrons. The monoisotopic (exact) mass is 618 g/mol. The van der Waals surface area contributed by atoms with Gasteiger partial charge in [-0.3, -0.25) is 9.59 Å². The van der Waals surface area contributed by atoms with Crippen LogP contribution in [0.4, 0.5) is 5.69 Å². The van der Waals surface area contributed by atoms with Gasteiger partial charge in [0.2, 0.25) is 15.9 Å². The predicted molar refractivity (Wildman–Crippen MR) is 160 cm³/mol. The summed E-state index contributed by atoms with van der Waals surface area (Å²) in [5.41, 5.74) is 2.22. The molecule has 12 heteroatoms. The summed E-state index contributed by atoms with van der Waals surface area (Å²) in [5, 5.41) is 21.6. The first-order valence-electron chi connectivity index (χ1n) is 14.5. The van der Waals surface area contributed by atoms with Gasteiger partial charge in [-0.05, 0) is 68.4 Å². The largest absolute Gasteiger partial charge is 0.454 e. The van der Waals surface area contributed by atoms with Crippen molar-refractivity contribution >= 4 is 27.6 Å². The lowest BCUT2D eigenvalue weighted by Crippen LogP contribution is -2.53. The van der Waals surface area contributed by atoms with Crippen LogP contribution >= 0.6 is 0 Å². The number of esters is 1. The first kappa shape index (κ1) is 33.0. The summed E-state index contributed by atoms with van der Waals surface area (Å²) >= 11 is 0. The molecule has 11 nitrogen and oxygen atoms in total. The van der Waals surface area contributed by atoms with E-state index in [1.807, 2.05) is 36.4 Å². The summed E-state index contributed by atoms with van der Waals surface area (Å²) in [6.07, 6.45) is 0.991. The van der Waals surface area contributed by atoms with Crippen molar-refractivity contribution in [3.63, 3.8) is 0 Å². The van der Waals surface area contributed by atoms with Gasteiger partial charge in [0.1, 0.15) is 6.10 Å². The van der Waals surface area contributed by atoms with Gasteiger partial charge in [-0.25, -0.2) is 13.1 Å². The number of aliphatic hydroxyl groups is 2. The van der Waals surface area contributed by atoms with Crippen LogP contribution in [0.3, 0.4) is 0 Å².